The van der Waals surface area contributed by atoms with Crippen LogP contribution in [0.2, 0.25) is 0 Å². The van der Waals surface area contributed by atoms with Gasteiger partial charge < -0.3 is 9.80 Å². The standard InChI is InChI=1S/C18H21N5O/c1-22(17-3-2-8-20-21-17)16-5-4-14-11-23(12-15(14)16)18(24)13-6-9-19-10-7-13/h2-3,6-10,14-16H,4-5,11-12H2,1H3/t14-,15+,16-/m1/s1. The molecule has 3 heterocycles. The number of hydrogen-bond donors (Lipinski definition) is 0. The lowest BCUT2D eigenvalue weighted by atomic mass is 9.97. The van der Waals surface area contributed by atoms with Gasteiger partial charge in [0, 0.05) is 56.3 Å². The Morgan fingerprint density at radius 3 is 2.75 bits per heavy atom. The van der Waals surface area contributed by atoms with E-state index in [4.69, 9.17) is 0 Å². The molecule has 2 aromatic heterocycles. The van der Waals surface area contributed by atoms with Gasteiger partial charge in [0.2, 0.25) is 0 Å². The molecule has 3 atom stereocenters. The van der Waals surface area contributed by atoms with Gasteiger partial charge in [-0.3, -0.25) is 9.78 Å². The summed E-state index contributed by atoms with van der Waals surface area (Å²) in [4.78, 5) is 20.9. The van der Waals surface area contributed by atoms with Crippen molar-refractivity contribution in [1.29, 1.82) is 0 Å². The molecule has 4 rings (SSSR count). The first kappa shape index (κ1) is 15.1. The highest BCUT2D eigenvalue weighted by atomic mass is 16.2. The number of anilines is 1. The second kappa shape index (κ2) is 6.19. The number of aromatic nitrogens is 3. The lowest BCUT2D eigenvalue weighted by Gasteiger charge is -2.30. The van der Waals surface area contributed by atoms with E-state index in [1.54, 1.807) is 30.7 Å². The summed E-state index contributed by atoms with van der Waals surface area (Å²) in [6.45, 7) is 1.68. The Morgan fingerprint density at radius 1 is 1.17 bits per heavy atom. The number of hydrogen-bond acceptors (Lipinski definition) is 5. The Bertz CT molecular complexity index is 708. The van der Waals surface area contributed by atoms with E-state index in [9.17, 15) is 4.79 Å². The maximum absolute atomic E-state index is 12.7. The summed E-state index contributed by atoms with van der Waals surface area (Å²) in [5.74, 6) is 2.11. The van der Waals surface area contributed by atoms with Crippen molar-refractivity contribution in [1.82, 2.24) is 20.1 Å². The number of likely N-dealkylation sites (tertiary alicyclic amines) is 1. The minimum atomic E-state index is 0.118. The number of nitrogens with zero attached hydrogens (tertiary/aromatic N) is 5. The van der Waals surface area contributed by atoms with Crippen molar-refractivity contribution < 1.29 is 4.79 Å². The predicted molar refractivity (Wildman–Crippen MR) is 90.6 cm³/mol. The lowest BCUT2D eigenvalue weighted by Crippen LogP contribution is -2.39. The number of amides is 1. The van der Waals surface area contributed by atoms with Crippen molar-refractivity contribution in [3.8, 4) is 0 Å². The first-order valence-corrected chi connectivity index (χ1v) is 8.44. The topological polar surface area (TPSA) is 62.2 Å². The molecule has 6 nitrogen and oxygen atoms in total. The van der Waals surface area contributed by atoms with Gasteiger partial charge in [0.05, 0.1) is 0 Å². The van der Waals surface area contributed by atoms with E-state index in [2.05, 4.69) is 27.1 Å². The van der Waals surface area contributed by atoms with Crippen molar-refractivity contribution >= 4 is 11.7 Å². The summed E-state index contributed by atoms with van der Waals surface area (Å²) in [5, 5.41) is 8.21. The molecule has 0 spiro atoms. The molecule has 0 bridgehead atoms. The maximum atomic E-state index is 12.7. The van der Waals surface area contributed by atoms with Crippen LogP contribution in [0.15, 0.2) is 42.9 Å². The average molecular weight is 323 g/mol. The summed E-state index contributed by atoms with van der Waals surface area (Å²) in [6, 6.07) is 7.91. The molecule has 2 aromatic rings. The summed E-state index contributed by atoms with van der Waals surface area (Å²) in [6.07, 6.45) is 7.36. The molecular formula is C18H21N5O. The number of rotatable bonds is 3. The van der Waals surface area contributed by atoms with Crippen LogP contribution in [-0.4, -0.2) is 52.2 Å². The van der Waals surface area contributed by atoms with Crippen LogP contribution >= 0.6 is 0 Å². The second-order valence-corrected chi connectivity index (χ2v) is 6.71. The van der Waals surface area contributed by atoms with E-state index in [1.165, 1.54) is 6.42 Å². The molecule has 6 heteroatoms. The maximum Gasteiger partial charge on any atom is 0.253 e. The fourth-order valence-corrected chi connectivity index (χ4v) is 4.21. The Hall–Kier alpha value is -2.50. The van der Waals surface area contributed by atoms with Crippen molar-refractivity contribution in [2.75, 3.05) is 25.0 Å². The molecule has 0 N–H and O–H groups in total. The van der Waals surface area contributed by atoms with Crippen LogP contribution in [0.3, 0.4) is 0 Å². The third-order valence-corrected chi connectivity index (χ3v) is 5.45. The van der Waals surface area contributed by atoms with Crippen LogP contribution in [0, 0.1) is 11.8 Å². The first-order chi connectivity index (χ1) is 11.7. The molecule has 24 heavy (non-hydrogen) atoms. The molecule has 1 saturated carbocycles. The van der Waals surface area contributed by atoms with E-state index in [-0.39, 0.29) is 5.91 Å². The van der Waals surface area contributed by atoms with Crippen molar-refractivity contribution in [3.05, 3.63) is 48.4 Å². The van der Waals surface area contributed by atoms with E-state index in [1.807, 2.05) is 17.0 Å². The summed E-state index contributed by atoms with van der Waals surface area (Å²) in [7, 11) is 2.09. The Kier molecular flexibility index (Phi) is 3.88. The number of pyridine rings is 1. The predicted octanol–water partition coefficient (Wildman–Crippen LogP) is 1.86. The quantitative estimate of drug-likeness (QED) is 0.863. The van der Waals surface area contributed by atoms with E-state index in [0.29, 0.717) is 17.9 Å². The van der Waals surface area contributed by atoms with Gasteiger partial charge in [0.1, 0.15) is 0 Å². The van der Waals surface area contributed by atoms with Gasteiger partial charge in [0.25, 0.3) is 5.91 Å². The van der Waals surface area contributed by atoms with E-state index < -0.39 is 0 Å². The molecule has 124 valence electrons. The Labute approximate surface area is 141 Å². The third-order valence-electron chi connectivity index (χ3n) is 5.45. The lowest BCUT2D eigenvalue weighted by molar-refractivity contribution is 0.0779. The molecule has 2 fully saturated rings. The SMILES string of the molecule is CN(c1cccnn1)[C@@H]1CC[C@@H]2CN(C(=O)c3ccncc3)C[C@@H]21. The first-order valence-electron chi connectivity index (χ1n) is 8.44. The minimum Gasteiger partial charge on any atom is -0.355 e. The fraction of sp³-hybridized carbons (Fsp3) is 0.444. The molecule has 1 aliphatic heterocycles. The highest BCUT2D eigenvalue weighted by molar-refractivity contribution is 5.94. The Balaban J connectivity index is 1.48. The van der Waals surface area contributed by atoms with Gasteiger partial charge in [-0.25, -0.2) is 0 Å². The highest BCUT2D eigenvalue weighted by Gasteiger charge is 2.45. The van der Waals surface area contributed by atoms with E-state index in [0.717, 1.165) is 30.9 Å². The van der Waals surface area contributed by atoms with Crippen LogP contribution in [0.4, 0.5) is 5.82 Å². The van der Waals surface area contributed by atoms with Gasteiger partial charge in [-0.2, -0.15) is 5.10 Å². The second-order valence-electron chi connectivity index (χ2n) is 6.71. The van der Waals surface area contributed by atoms with Crippen LogP contribution in [0.1, 0.15) is 23.2 Å². The van der Waals surface area contributed by atoms with Crippen LogP contribution < -0.4 is 4.90 Å². The molecule has 1 saturated heterocycles. The van der Waals surface area contributed by atoms with Gasteiger partial charge in [0.15, 0.2) is 5.82 Å². The molecule has 0 aromatic carbocycles. The van der Waals surface area contributed by atoms with Crippen LogP contribution in [-0.2, 0) is 0 Å². The molecule has 0 radical (unpaired) electrons. The van der Waals surface area contributed by atoms with Crippen molar-refractivity contribution in [3.63, 3.8) is 0 Å². The van der Waals surface area contributed by atoms with Gasteiger partial charge in [-0.15, -0.1) is 5.10 Å². The summed E-state index contributed by atoms with van der Waals surface area (Å²) in [5.41, 5.74) is 0.726. The molecule has 1 amide bonds. The smallest absolute Gasteiger partial charge is 0.253 e. The van der Waals surface area contributed by atoms with E-state index >= 15 is 0 Å². The number of carbonyl (C=O) groups is 1. The minimum absolute atomic E-state index is 0.118. The largest absolute Gasteiger partial charge is 0.355 e. The summed E-state index contributed by atoms with van der Waals surface area (Å²) < 4.78 is 0. The number of carbonyl (C=O) groups excluding carboxylic acids is 1. The zero-order chi connectivity index (χ0) is 16.5. The normalized spacial score (nSPS) is 25.5. The molecule has 1 aliphatic carbocycles. The average Bonchev–Trinajstić information content (AvgIpc) is 3.22. The molecular weight excluding hydrogens is 302 g/mol. The molecule has 2 aliphatic rings. The zero-order valence-corrected chi connectivity index (χ0v) is 13.7. The monoisotopic (exact) mass is 323 g/mol. The zero-order valence-electron chi connectivity index (χ0n) is 13.7. The van der Waals surface area contributed by atoms with Gasteiger partial charge >= 0.3 is 0 Å². The van der Waals surface area contributed by atoms with Gasteiger partial charge in [-0.05, 0) is 43.0 Å². The van der Waals surface area contributed by atoms with Crippen LogP contribution in [0.25, 0.3) is 0 Å². The van der Waals surface area contributed by atoms with Gasteiger partial charge in [-0.1, -0.05) is 0 Å². The highest BCUT2D eigenvalue weighted by Crippen LogP contribution is 2.41. The fourth-order valence-electron chi connectivity index (χ4n) is 4.21. The third kappa shape index (κ3) is 2.62. The Morgan fingerprint density at radius 2 is 2.00 bits per heavy atom. The van der Waals surface area contributed by atoms with Crippen molar-refractivity contribution in [2.24, 2.45) is 11.8 Å². The summed E-state index contributed by atoms with van der Waals surface area (Å²) >= 11 is 0. The van der Waals surface area contributed by atoms with Crippen LogP contribution in [0.5, 0.6) is 0 Å². The molecule has 0 unspecified atom stereocenters. The van der Waals surface area contributed by atoms with Crippen molar-refractivity contribution in [2.45, 2.75) is 18.9 Å². The number of fused-ring (bicyclic) bond motifs is 1.